The lowest BCUT2D eigenvalue weighted by atomic mass is 10.0. The molecule has 0 amide bonds. The monoisotopic (exact) mass is 643 g/mol. The molecule has 0 fully saturated rings. The van der Waals surface area contributed by atoms with Gasteiger partial charge in [-0.3, -0.25) is 0 Å². The van der Waals surface area contributed by atoms with Gasteiger partial charge in [0.25, 0.3) is 0 Å². The highest BCUT2D eigenvalue weighted by Gasteiger charge is 2.26. The third-order valence-electron chi connectivity index (χ3n) is 8.72. The number of rotatable bonds is 7. The summed E-state index contributed by atoms with van der Waals surface area (Å²) in [7, 11) is 0. The van der Waals surface area contributed by atoms with Gasteiger partial charge in [0, 0.05) is 35.1 Å². The summed E-state index contributed by atoms with van der Waals surface area (Å²) < 4.78 is 12.2. The summed E-state index contributed by atoms with van der Waals surface area (Å²) >= 11 is 7.40. The Bertz CT molecular complexity index is 2120. The molecular formula is C38H29NOS4. The Kier molecular flexibility index (Phi) is 6.52. The summed E-state index contributed by atoms with van der Waals surface area (Å²) in [5.41, 5.74) is 4.90. The maximum absolute atomic E-state index is 6.71. The van der Waals surface area contributed by atoms with Gasteiger partial charge in [-0.1, -0.05) is 50.5 Å². The lowest BCUT2D eigenvalue weighted by molar-refractivity contribution is 0.473. The first kappa shape index (κ1) is 26.7. The fourth-order valence-corrected chi connectivity index (χ4v) is 10.6. The molecule has 1 aliphatic heterocycles. The second kappa shape index (κ2) is 10.7. The van der Waals surface area contributed by atoms with Crippen molar-refractivity contribution in [3.63, 3.8) is 0 Å². The van der Waals surface area contributed by atoms with Crippen LogP contribution in [0.3, 0.4) is 0 Å². The van der Waals surface area contributed by atoms with Gasteiger partial charge in [-0.05, 0) is 111 Å². The van der Waals surface area contributed by atoms with Gasteiger partial charge in [-0.15, -0.1) is 45.3 Å². The average Bonchev–Trinajstić information content (AvgIpc) is 3.83. The third kappa shape index (κ3) is 4.55. The standard InChI is InChI=1S/C38H29NOS4/c1-2-3-4-5-12-39-29-17-27-15-25(35-21-37-33(43-35)10-13-41-37)8-6-23(27)19-31(29)40-32-20-24-7-9-26(16-28(24)18-30(32)39)36-22-38-34(44-36)11-14-42-38/h6-11,13-22H,2-5,12H2,1H3. The van der Waals surface area contributed by atoms with E-state index in [9.17, 15) is 0 Å². The first-order valence-corrected chi connectivity index (χ1v) is 18.7. The maximum Gasteiger partial charge on any atom is 0.151 e. The Labute approximate surface area is 272 Å². The lowest BCUT2D eigenvalue weighted by Gasteiger charge is -2.33. The molecule has 0 aliphatic carbocycles. The highest BCUT2D eigenvalue weighted by Crippen LogP contribution is 2.50. The zero-order valence-corrected chi connectivity index (χ0v) is 27.5. The van der Waals surface area contributed by atoms with E-state index in [2.05, 4.69) is 108 Å². The molecular weight excluding hydrogens is 615 g/mol. The molecule has 4 aromatic carbocycles. The van der Waals surface area contributed by atoms with Gasteiger partial charge in [0.2, 0.25) is 0 Å². The van der Waals surface area contributed by atoms with Crippen molar-refractivity contribution in [2.75, 3.05) is 11.4 Å². The van der Waals surface area contributed by atoms with Crippen LogP contribution >= 0.6 is 45.3 Å². The van der Waals surface area contributed by atoms with E-state index < -0.39 is 0 Å². The van der Waals surface area contributed by atoms with Crippen molar-refractivity contribution in [2.45, 2.75) is 32.6 Å². The quantitative estimate of drug-likeness (QED) is 0.160. The number of benzene rings is 4. The number of thiophene rings is 4. The molecule has 0 saturated carbocycles. The predicted octanol–water partition coefficient (Wildman–Crippen LogP) is 13.7. The van der Waals surface area contributed by atoms with Crippen LogP contribution in [0.4, 0.5) is 11.4 Å². The fraction of sp³-hybridized carbons (Fsp3) is 0.158. The summed E-state index contributed by atoms with van der Waals surface area (Å²) in [5, 5.41) is 9.29. The summed E-state index contributed by atoms with van der Waals surface area (Å²) in [6, 6.07) is 32.0. The van der Waals surface area contributed by atoms with Gasteiger partial charge in [0.1, 0.15) is 0 Å². The molecule has 0 unspecified atom stereocenters. The van der Waals surface area contributed by atoms with Crippen molar-refractivity contribution >= 4 is 97.1 Å². The van der Waals surface area contributed by atoms with E-state index in [1.165, 1.54) is 91.9 Å². The smallest absolute Gasteiger partial charge is 0.151 e. The van der Waals surface area contributed by atoms with Crippen LogP contribution in [0, 0.1) is 0 Å². The minimum atomic E-state index is 0.944. The number of hydrogen-bond donors (Lipinski definition) is 0. The molecule has 0 spiro atoms. The van der Waals surface area contributed by atoms with Crippen molar-refractivity contribution in [2.24, 2.45) is 0 Å². The van der Waals surface area contributed by atoms with Gasteiger partial charge >= 0.3 is 0 Å². The number of ether oxygens (including phenoxy) is 1. The van der Waals surface area contributed by atoms with E-state index in [0.717, 1.165) is 24.5 Å². The Morgan fingerprint density at radius 1 is 0.545 bits per heavy atom. The van der Waals surface area contributed by atoms with E-state index in [1.54, 1.807) is 0 Å². The summed E-state index contributed by atoms with van der Waals surface area (Å²) in [4.78, 5) is 5.18. The van der Waals surface area contributed by atoms with Crippen molar-refractivity contribution in [3.05, 3.63) is 95.7 Å². The Balaban J connectivity index is 1.14. The molecule has 0 bridgehead atoms. The normalized spacial score (nSPS) is 12.8. The first-order chi connectivity index (χ1) is 21.7. The lowest BCUT2D eigenvalue weighted by Crippen LogP contribution is -2.22. The first-order valence-electron chi connectivity index (χ1n) is 15.3. The number of hydrogen-bond acceptors (Lipinski definition) is 6. The van der Waals surface area contributed by atoms with Crippen LogP contribution < -0.4 is 9.64 Å². The highest BCUT2D eigenvalue weighted by molar-refractivity contribution is 7.29. The molecule has 2 nitrogen and oxygen atoms in total. The van der Waals surface area contributed by atoms with Crippen molar-refractivity contribution < 1.29 is 4.74 Å². The number of nitrogens with zero attached hydrogens (tertiary/aromatic N) is 1. The molecule has 1 aliphatic rings. The second-order valence-electron chi connectivity index (χ2n) is 11.6. The predicted molar refractivity (Wildman–Crippen MR) is 197 cm³/mol. The van der Waals surface area contributed by atoms with Crippen LogP contribution in [0.15, 0.2) is 95.7 Å². The number of unbranched alkanes of at least 4 members (excludes halogenated alkanes) is 3. The number of fused-ring (bicyclic) bond motifs is 6. The second-order valence-corrected chi connectivity index (χ2v) is 15.7. The van der Waals surface area contributed by atoms with E-state index in [-0.39, 0.29) is 0 Å². The largest absolute Gasteiger partial charge is 0.453 e. The van der Waals surface area contributed by atoms with Crippen molar-refractivity contribution in [1.82, 2.24) is 0 Å². The summed E-state index contributed by atoms with van der Waals surface area (Å²) in [6.45, 7) is 3.25. The Hall–Kier alpha value is -3.68. The molecule has 44 heavy (non-hydrogen) atoms. The highest BCUT2D eigenvalue weighted by atomic mass is 32.1. The molecule has 216 valence electrons. The van der Waals surface area contributed by atoms with Crippen LogP contribution in [0.2, 0.25) is 0 Å². The zero-order chi connectivity index (χ0) is 29.2. The third-order valence-corrected chi connectivity index (χ3v) is 13.0. The van der Waals surface area contributed by atoms with Gasteiger partial charge in [-0.2, -0.15) is 0 Å². The van der Waals surface area contributed by atoms with E-state index in [1.807, 2.05) is 45.3 Å². The van der Waals surface area contributed by atoms with Crippen LogP contribution in [0.1, 0.15) is 32.6 Å². The van der Waals surface area contributed by atoms with Crippen LogP contribution in [-0.4, -0.2) is 6.54 Å². The molecule has 4 aromatic heterocycles. The van der Waals surface area contributed by atoms with Crippen LogP contribution in [-0.2, 0) is 0 Å². The average molecular weight is 644 g/mol. The molecule has 0 N–H and O–H groups in total. The van der Waals surface area contributed by atoms with E-state index in [0.29, 0.717) is 0 Å². The van der Waals surface area contributed by atoms with Crippen LogP contribution in [0.5, 0.6) is 11.5 Å². The minimum Gasteiger partial charge on any atom is -0.453 e. The summed E-state index contributed by atoms with van der Waals surface area (Å²) in [6.07, 6.45) is 4.89. The molecule has 5 heterocycles. The fourth-order valence-electron chi connectivity index (χ4n) is 6.42. The molecule has 9 rings (SSSR count). The maximum atomic E-state index is 6.71. The Morgan fingerprint density at radius 2 is 1.11 bits per heavy atom. The molecule has 6 heteroatoms. The van der Waals surface area contributed by atoms with Crippen molar-refractivity contribution in [1.29, 1.82) is 0 Å². The van der Waals surface area contributed by atoms with Crippen molar-refractivity contribution in [3.8, 4) is 32.4 Å². The van der Waals surface area contributed by atoms with Gasteiger partial charge in [0.15, 0.2) is 11.5 Å². The van der Waals surface area contributed by atoms with Crippen LogP contribution in [0.25, 0.3) is 61.2 Å². The van der Waals surface area contributed by atoms with E-state index in [4.69, 9.17) is 4.74 Å². The Morgan fingerprint density at radius 3 is 1.64 bits per heavy atom. The zero-order valence-electron chi connectivity index (χ0n) is 24.3. The molecule has 0 radical (unpaired) electrons. The molecule has 0 saturated heterocycles. The minimum absolute atomic E-state index is 0.944. The SMILES string of the molecule is CCCCCCN1c2cc3cc(-c4cc5sccc5s4)ccc3cc2Oc2cc3ccc(-c4cc5sccc5s4)cc3cc21. The van der Waals surface area contributed by atoms with Gasteiger partial charge < -0.3 is 9.64 Å². The topological polar surface area (TPSA) is 12.5 Å². The van der Waals surface area contributed by atoms with Gasteiger partial charge in [-0.25, -0.2) is 0 Å². The van der Waals surface area contributed by atoms with Gasteiger partial charge in [0.05, 0.1) is 11.4 Å². The number of anilines is 2. The molecule has 0 atom stereocenters. The van der Waals surface area contributed by atoms with E-state index >= 15 is 0 Å². The summed E-state index contributed by atoms with van der Waals surface area (Å²) in [5.74, 6) is 1.89. The molecule has 8 aromatic rings.